The highest BCUT2D eigenvalue weighted by atomic mass is 16.5. The molecule has 12 heteroatoms. The summed E-state index contributed by atoms with van der Waals surface area (Å²) < 4.78 is 22.4. The van der Waals surface area contributed by atoms with Crippen molar-refractivity contribution in [3.8, 4) is 22.8 Å². The molecule has 1 saturated carbocycles. The molecular formula is C40H48N4O8. The molecule has 2 fully saturated rings. The van der Waals surface area contributed by atoms with Crippen LogP contribution in [0.5, 0.6) is 11.5 Å². The maximum atomic E-state index is 14.1. The molecular weight excluding hydrogens is 664 g/mol. The number of carbonyl (C=O) groups is 4. The second-order valence-electron chi connectivity index (χ2n) is 13.1. The van der Waals surface area contributed by atoms with Crippen LogP contribution in [0.4, 0.5) is 4.79 Å². The maximum Gasteiger partial charge on any atom is 0.332 e. The fraction of sp³-hybridized carbons (Fsp3) is 0.425. The average Bonchev–Trinajstić information content (AvgIpc) is 3.72. The Hall–Kier alpha value is -5.39. The van der Waals surface area contributed by atoms with Crippen molar-refractivity contribution >= 4 is 34.8 Å². The van der Waals surface area contributed by atoms with Crippen molar-refractivity contribution in [2.45, 2.75) is 75.6 Å². The number of carbonyl (C=O) groups excluding carboxylic acids is 4. The number of nitrogens with zero attached hydrogens (tertiary/aromatic N) is 2. The molecule has 0 radical (unpaired) electrons. The van der Waals surface area contributed by atoms with Crippen molar-refractivity contribution in [3.05, 3.63) is 79.9 Å². The molecule has 3 amide bonds. The van der Waals surface area contributed by atoms with Gasteiger partial charge < -0.3 is 34.5 Å². The topological polar surface area (TPSA) is 145 Å². The number of rotatable bonds is 17. The van der Waals surface area contributed by atoms with Crippen molar-refractivity contribution in [3.63, 3.8) is 0 Å². The minimum Gasteiger partial charge on any atom is -0.497 e. The Morgan fingerprint density at radius 1 is 1.06 bits per heavy atom. The highest BCUT2D eigenvalue weighted by molar-refractivity contribution is 5.96. The molecule has 0 spiro atoms. The molecule has 1 aromatic heterocycles. The first-order valence-electron chi connectivity index (χ1n) is 17.8. The fourth-order valence-corrected chi connectivity index (χ4v) is 6.69. The number of hydrogen-bond acceptors (Lipinski definition) is 9. The summed E-state index contributed by atoms with van der Waals surface area (Å²) in [5.41, 5.74) is 0.937. The zero-order valence-electron chi connectivity index (χ0n) is 30.1. The van der Waals surface area contributed by atoms with E-state index in [0.29, 0.717) is 42.0 Å². The van der Waals surface area contributed by atoms with Crippen molar-refractivity contribution in [1.29, 1.82) is 0 Å². The first-order chi connectivity index (χ1) is 25.2. The van der Waals surface area contributed by atoms with E-state index in [1.165, 1.54) is 12.0 Å². The Balaban J connectivity index is 1.44. The molecule has 1 aliphatic heterocycles. The summed E-state index contributed by atoms with van der Waals surface area (Å²) in [6.07, 6.45) is 6.93. The van der Waals surface area contributed by atoms with Crippen LogP contribution in [0.2, 0.25) is 0 Å². The van der Waals surface area contributed by atoms with Gasteiger partial charge in [-0.25, -0.2) is 19.4 Å². The third kappa shape index (κ3) is 8.55. The number of likely N-dealkylation sites (tertiary alicyclic amines) is 1. The molecule has 1 aliphatic carbocycles. The molecule has 3 aromatic rings. The van der Waals surface area contributed by atoms with Gasteiger partial charge in [-0.05, 0) is 44.7 Å². The van der Waals surface area contributed by atoms with E-state index in [1.54, 1.807) is 20.1 Å². The highest BCUT2D eigenvalue weighted by Gasteiger charge is 2.62. The minimum absolute atomic E-state index is 0.0229. The monoisotopic (exact) mass is 712 g/mol. The number of esters is 2. The number of aromatic nitrogens is 1. The minimum atomic E-state index is -1.26. The van der Waals surface area contributed by atoms with Gasteiger partial charge in [-0.1, -0.05) is 55.3 Å². The molecule has 5 atom stereocenters. The molecule has 12 nitrogen and oxygen atoms in total. The van der Waals surface area contributed by atoms with Crippen LogP contribution in [0.1, 0.15) is 51.9 Å². The van der Waals surface area contributed by atoms with Crippen molar-refractivity contribution in [2.24, 2.45) is 5.92 Å². The Labute approximate surface area is 304 Å². The quantitative estimate of drug-likeness (QED) is 0.102. The predicted molar refractivity (Wildman–Crippen MR) is 197 cm³/mol. The van der Waals surface area contributed by atoms with Crippen LogP contribution in [0.3, 0.4) is 0 Å². The average molecular weight is 713 g/mol. The van der Waals surface area contributed by atoms with E-state index >= 15 is 0 Å². The Morgan fingerprint density at radius 2 is 1.85 bits per heavy atom. The van der Waals surface area contributed by atoms with E-state index in [1.807, 2.05) is 60.7 Å². The first-order valence-corrected chi connectivity index (χ1v) is 17.8. The lowest BCUT2D eigenvalue weighted by Gasteiger charge is -2.27. The Morgan fingerprint density at radius 3 is 2.52 bits per heavy atom. The van der Waals surface area contributed by atoms with Gasteiger partial charge in [0.25, 0.3) is 0 Å². The maximum absolute atomic E-state index is 14.1. The number of nitrogens with one attached hydrogen (secondary N) is 2. The number of fused-ring (bicyclic) bond motifs is 1. The van der Waals surface area contributed by atoms with Crippen LogP contribution in [-0.2, 0) is 23.9 Å². The largest absolute Gasteiger partial charge is 0.497 e. The second kappa shape index (κ2) is 17.2. The van der Waals surface area contributed by atoms with Crippen LogP contribution in [0.25, 0.3) is 22.2 Å². The Bertz CT molecular complexity index is 1780. The molecule has 1 saturated heterocycles. The summed E-state index contributed by atoms with van der Waals surface area (Å²) in [6, 6.07) is 14.4. The smallest absolute Gasteiger partial charge is 0.332 e. The highest BCUT2D eigenvalue weighted by Crippen LogP contribution is 2.46. The van der Waals surface area contributed by atoms with Gasteiger partial charge in [0.05, 0.1) is 38.6 Å². The van der Waals surface area contributed by atoms with Gasteiger partial charge in [0.2, 0.25) is 5.91 Å². The van der Waals surface area contributed by atoms with Crippen LogP contribution < -0.4 is 20.1 Å². The van der Waals surface area contributed by atoms with Gasteiger partial charge in [0.1, 0.15) is 35.2 Å². The number of allylic oxidation sites excluding steroid dienone is 1. The number of amides is 3. The zero-order valence-corrected chi connectivity index (χ0v) is 30.1. The lowest BCUT2D eigenvalue weighted by atomic mass is 10.1. The Kier molecular flexibility index (Phi) is 12.5. The predicted octanol–water partition coefficient (Wildman–Crippen LogP) is 5.74. The summed E-state index contributed by atoms with van der Waals surface area (Å²) in [6.45, 7) is 9.43. The van der Waals surface area contributed by atoms with E-state index in [9.17, 15) is 19.2 Å². The van der Waals surface area contributed by atoms with Crippen molar-refractivity contribution in [2.75, 3.05) is 27.4 Å². The van der Waals surface area contributed by atoms with E-state index in [2.05, 4.69) is 23.8 Å². The number of pyridine rings is 1. The molecule has 276 valence electrons. The van der Waals surface area contributed by atoms with Gasteiger partial charge in [-0.15, -0.1) is 13.2 Å². The van der Waals surface area contributed by atoms with E-state index < -0.39 is 47.6 Å². The summed E-state index contributed by atoms with van der Waals surface area (Å²) in [5, 5.41) is 6.42. The number of ether oxygens (including phenoxy) is 4. The molecule has 2 aromatic carbocycles. The van der Waals surface area contributed by atoms with Gasteiger partial charge >= 0.3 is 18.0 Å². The van der Waals surface area contributed by atoms with Gasteiger partial charge in [0.15, 0.2) is 0 Å². The molecule has 2 heterocycles. The second-order valence-corrected chi connectivity index (χ2v) is 13.1. The molecule has 2 N–H and O–H groups in total. The van der Waals surface area contributed by atoms with Gasteiger partial charge in [-0.3, -0.25) is 4.79 Å². The summed E-state index contributed by atoms with van der Waals surface area (Å²) in [5.74, 6) is -0.832. The van der Waals surface area contributed by atoms with E-state index in [0.717, 1.165) is 30.2 Å². The first kappa shape index (κ1) is 37.9. The lowest BCUT2D eigenvalue weighted by Crippen LogP contribution is -2.56. The van der Waals surface area contributed by atoms with Gasteiger partial charge in [-0.2, -0.15) is 0 Å². The number of unbranched alkanes of at least 4 members (excludes halogenated alkanes) is 3. The molecule has 2 aliphatic rings. The number of hydrogen-bond donors (Lipinski definition) is 2. The number of methoxy groups -OCH3 is 2. The summed E-state index contributed by atoms with van der Waals surface area (Å²) in [4.78, 5) is 60.1. The molecule has 0 bridgehead atoms. The summed E-state index contributed by atoms with van der Waals surface area (Å²) >= 11 is 0. The molecule has 5 rings (SSSR count). The molecule has 52 heavy (non-hydrogen) atoms. The van der Waals surface area contributed by atoms with Crippen LogP contribution in [-0.4, -0.2) is 84.9 Å². The van der Waals surface area contributed by atoms with Gasteiger partial charge in [0, 0.05) is 35.4 Å². The van der Waals surface area contributed by atoms with Crippen LogP contribution in [0, 0.1) is 5.92 Å². The third-order valence-electron chi connectivity index (χ3n) is 9.64. The summed E-state index contributed by atoms with van der Waals surface area (Å²) in [7, 11) is 2.86. The molecule has 0 unspecified atom stereocenters. The zero-order chi connectivity index (χ0) is 37.3. The number of urea groups is 1. The normalized spacial score (nSPS) is 21.1. The number of benzene rings is 2. The van der Waals surface area contributed by atoms with Crippen LogP contribution in [0.15, 0.2) is 79.9 Å². The third-order valence-corrected chi connectivity index (χ3v) is 9.64. The van der Waals surface area contributed by atoms with Crippen LogP contribution >= 0.6 is 0 Å². The lowest BCUT2D eigenvalue weighted by molar-refractivity contribution is -0.149. The SMILES string of the molecule is C=CCCCCC[C@H](NC(=O)N1C[C@H](Oc2cc(-c3ccccc3)nc3cc(OC)ccc23)C[C@H]1C(=O)N[C@]1(C(=O)OCC)C[C@H]1C=C)C(=O)OC. The fourth-order valence-electron chi connectivity index (χ4n) is 6.69. The standard InChI is InChI=1S/C40H48N4O8/c1-6-9-10-11-15-18-31(37(46)50-5)42-39(48)44-25-29(22-34(44)36(45)43-40(24-27(40)7-2)38(47)51-8-3)52-35-23-32(26-16-13-12-14-17-26)41-33-21-28(49-4)19-20-30(33)35/h6-7,12-14,16-17,19-21,23,27,29,31,34H,1-2,8-11,15,18,22,24-25H2,3-5H3,(H,42,48)(H,43,45)/t27-,29-,31+,34+,40-/m1/s1. The van der Waals surface area contributed by atoms with Crippen molar-refractivity contribution < 1.29 is 38.1 Å². The van der Waals surface area contributed by atoms with E-state index in [4.69, 9.17) is 23.9 Å². The van der Waals surface area contributed by atoms with Crippen molar-refractivity contribution in [1.82, 2.24) is 20.5 Å². The van der Waals surface area contributed by atoms with E-state index in [-0.39, 0.29) is 25.5 Å².